The van der Waals surface area contributed by atoms with Gasteiger partial charge in [0.1, 0.15) is 5.75 Å². The van der Waals surface area contributed by atoms with Gasteiger partial charge < -0.3 is 14.0 Å². The van der Waals surface area contributed by atoms with Crippen molar-refractivity contribution in [2.75, 3.05) is 6.61 Å². The van der Waals surface area contributed by atoms with Crippen LogP contribution in [0.3, 0.4) is 0 Å². The van der Waals surface area contributed by atoms with E-state index in [9.17, 15) is 4.79 Å². The average Bonchev–Trinajstić information content (AvgIpc) is 3.08. The summed E-state index contributed by atoms with van der Waals surface area (Å²) in [4.78, 5) is 16.1. The molecule has 134 valence electrons. The van der Waals surface area contributed by atoms with Gasteiger partial charge in [0.05, 0.1) is 0 Å². The minimum atomic E-state index is -0.499. The molecule has 0 saturated heterocycles. The van der Waals surface area contributed by atoms with Gasteiger partial charge in [0, 0.05) is 5.56 Å². The minimum Gasteiger partial charge on any atom is -0.482 e. The molecular formula is C20H20N2O4. The summed E-state index contributed by atoms with van der Waals surface area (Å²) in [6, 6.07) is 13.5. The maximum atomic E-state index is 11.9. The molecule has 26 heavy (non-hydrogen) atoms. The zero-order chi connectivity index (χ0) is 18.5. The molecule has 0 fully saturated rings. The van der Waals surface area contributed by atoms with Crippen molar-refractivity contribution in [1.82, 2.24) is 10.1 Å². The normalized spacial score (nSPS) is 10.6. The fraction of sp³-hybridized carbons (Fsp3) is 0.250. The van der Waals surface area contributed by atoms with Gasteiger partial charge in [-0.3, -0.25) is 0 Å². The summed E-state index contributed by atoms with van der Waals surface area (Å²) in [5, 5.41) is 3.93. The lowest BCUT2D eigenvalue weighted by molar-refractivity contribution is -0.148. The highest BCUT2D eigenvalue weighted by molar-refractivity contribution is 5.71. The number of ether oxygens (including phenoxy) is 2. The number of esters is 1. The van der Waals surface area contributed by atoms with E-state index in [1.165, 1.54) is 0 Å². The van der Waals surface area contributed by atoms with Crippen molar-refractivity contribution < 1.29 is 18.8 Å². The van der Waals surface area contributed by atoms with E-state index in [1.807, 2.05) is 63.2 Å². The second kappa shape index (κ2) is 7.82. The Balaban J connectivity index is 1.53. The Morgan fingerprint density at radius 1 is 1.08 bits per heavy atom. The highest BCUT2D eigenvalue weighted by Crippen LogP contribution is 2.20. The molecule has 0 spiro atoms. The van der Waals surface area contributed by atoms with Crippen LogP contribution < -0.4 is 4.74 Å². The smallest absolute Gasteiger partial charge is 0.344 e. The fourth-order valence-corrected chi connectivity index (χ4v) is 2.53. The Bertz CT molecular complexity index is 918. The number of nitrogens with zero attached hydrogens (tertiary/aromatic N) is 2. The van der Waals surface area contributed by atoms with Gasteiger partial charge >= 0.3 is 5.97 Å². The molecule has 0 atom stereocenters. The number of carbonyl (C=O) groups excluding carboxylic acids is 1. The first-order valence-electron chi connectivity index (χ1n) is 8.27. The summed E-state index contributed by atoms with van der Waals surface area (Å²) in [5.41, 5.74) is 4.03. The summed E-state index contributed by atoms with van der Waals surface area (Å²) in [5.74, 6) is 0.872. The summed E-state index contributed by atoms with van der Waals surface area (Å²) in [6.07, 6.45) is 0. The second-order valence-corrected chi connectivity index (χ2v) is 6.04. The highest BCUT2D eigenvalue weighted by Gasteiger charge is 2.13. The van der Waals surface area contributed by atoms with Gasteiger partial charge in [0.2, 0.25) is 5.82 Å². The monoisotopic (exact) mass is 352 g/mol. The first kappa shape index (κ1) is 17.7. The first-order chi connectivity index (χ1) is 12.5. The van der Waals surface area contributed by atoms with E-state index in [4.69, 9.17) is 14.0 Å². The van der Waals surface area contributed by atoms with Crippen LogP contribution in [0.2, 0.25) is 0 Å². The number of rotatable bonds is 6. The minimum absolute atomic E-state index is 0.0893. The highest BCUT2D eigenvalue weighted by atomic mass is 16.6. The van der Waals surface area contributed by atoms with Gasteiger partial charge in [-0.05, 0) is 38.0 Å². The molecule has 1 heterocycles. The molecular weight excluding hydrogens is 332 g/mol. The molecule has 6 heteroatoms. The molecule has 3 aromatic rings. The van der Waals surface area contributed by atoms with E-state index in [2.05, 4.69) is 10.1 Å². The van der Waals surface area contributed by atoms with E-state index in [0.29, 0.717) is 11.6 Å². The van der Waals surface area contributed by atoms with Gasteiger partial charge in [-0.15, -0.1) is 0 Å². The van der Waals surface area contributed by atoms with Gasteiger partial charge in [0.25, 0.3) is 5.89 Å². The standard InChI is InChI=1S/C20H20N2O4/c1-13-8-9-17(15(3)10-13)24-12-19(23)25-11-18-21-20(22-26-18)16-7-5-4-6-14(16)2/h4-10H,11-12H2,1-3H3. The molecule has 0 aliphatic carbocycles. The lowest BCUT2D eigenvalue weighted by Gasteiger charge is -2.09. The van der Waals surface area contributed by atoms with Crippen LogP contribution in [-0.4, -0.2) is 22.7 Å². The molecule has 0 unspecified atom stereocenters. The maximum Gasteiger partial charge on any atom is 0.344 e. The number of carbonyl (C=O) groups is 1. The van der Waals surface area contributed by atoms with Crippen LogP contribution in [0.25, 0.3) is 11.4 Å². The van der Waals surface area contributed by atoms with Crippen molar-refractivity contribution in [2.45, 2.75) is 27.4 Å². The lowest BCUT2D eigenvalue weighted by Crippen LogP contribution is -2.15. The Morgan fingerprint density at radius 2 is 1.88 bits per heavy atom. The largest absolute Gasteiger partial charge is 0.482 e. The summed E-state index contributed by atoms with van der Waals surface area (Å²) in [7, 11) is 0. The van der Waals surface area contributed by atoms with Crippen LogP contribution >= 0.6 is 0 Å². The molecule has 2 aromatic carbocycles. The molecule has 0 amide bonds. The van der Waals surface area contributed by atoms with Crippen LogP contribution in [0.15, 0.2) is 47.0 Å². The first-order valence-corrected chi connectivity index (χ1v) is 8.27. The van der Waals surface area contributed by atoms with E-state index in [-0.39, 0.29) is 19.1 Å². The van der Waals surface area contributed by atoms with Gasteiger partial charge in [-0.2, -0.15) is 4.98 Å². The maximum absolute atomic E-state index is 11.9. The predicted octanol–water partition coefficient (Wildman–Crippen LogP) is 3.78. The van der Waals surface area contributed by atoms with Crippen molar-refractivity contribution in [3.8, 4) is 17.1 Å². The average molecular weight is 352 g/mol. The van der Waals surface area contributed by atoms with Crippen molar-refractivity contribution in [3.63, 3.8) is 0 Å². The predicted molar refractivity (Wildman–Crippen MR) is 95.7 cm³/mol. The van der Waals surface area contributed by atoms with Crippen LogP contribution in [0.5, 0.6) is 5.75 Å². The van der Waals surface area contributed by atoms with Crippen LogP contribution in [0.4, 0.5) is 0 Å². The Labute approximate surface area is 151 Å². The number of aryl methyl sites for hydroxylation is 3. The van der Waals surface area contributed by atoms with Gasteiger partial charge in [-0.25, -0.2) is 4.79 Å². The topological polar surface area (TPSA) is 74.5 Å². The number of benzene rings is 2. The van der Waals surface area contributed by atoms with Crippen molar-refractivity contribution in [1.29, 1.82) is 0 Å². The molecule has 0 bridgehead atoms. The van der Waals surface area contributed by atoms with Crippen LogP contribution in [0, 0.1) is 20.8 Å². The van der Waals surface area contributed by atoms with Crippen molar-refractivity contribution in [2.24, 2.45) is 0 Å². The Hall–Kier alpha value is -3.15. The number of hydrogen-bond acceptors (Lipinski definition) is 6. The second-order valence-electron chi connectivity index (χ2n) is 6.04. The molecule has 0 aliphatic heterocycles. The third kappa shape index (κ3) is 4.27. The molecule has 0 aliphatic rings. The number of hydrogen-bond donors (Lipinski definition) is 0. The summed E-state index contributed by atoms with van der Waals surface area (Å²) in [6.45, 7) is 5.63. The molecule has 0 N–H and O–H groups in total. The molecule has 1 aromatic heterocycles. The lowest BCUT2D eigenvalue weighted by atomic mass is 10.1. The molecule has 0 saturated carbocycles. The van der Waals surface area contributed by atoms with E-state index >= 15 is 0 Å². The van der Waals surface area contributed by atoms with Crippen molar-refractivity contribution in [3.05, 3.63) is 65.0 Å². The molecule has 0 radical (unpaired) electrons. The quantitative estimate of drug-likeness (QED) is 0.629. The molecule has 6 nitrogen and oxygen atoms in total. The van der Waals surface area contributed by atoms with Crippen molar-refractivity contribution >= 4 is 5.97 Å². The van der Waals surface area contributed by atoms with Gasteiger partial charge in [0.15, 0.2) is 13.2 Å². The van der Waals surface area contributed by atoms with E-state index in [0.717, 1.165) is 22.3 Å². The summed E-state index contributed by atoms with van der Waals surface area (Å²) < 4.78 is 15.8. The molecule has 3 rings (SSSR count). The van der Waals surface area contributed by atoms with Gasteiger partial charge in [-0.1, -0.05) is 47.1 Å². The Kier molecular flexibility index (Phi) is 5.31. The van der Waals surface area contributed by atoms with Crippen LogP contribution in [0.1, 0.15) is 22.6 Å². The third-order valence-electron chi connectivity index (χ3n) is 3.89. The fourth-order valence-electron chi connectivity index (χ4n) is 2.53. The zero-order valence-electron chi connectivity index (χ0n) is 15.0. The van der Waals surface area contributed by atoms with E-state index < -0.39 is 5.97 Å². The SMILES string of the molecule is Cc1ccc(OCC(=O)OCc2nc(-c3ccccc3C)no2)c(C)c1. The Morgan fingerprint density at radius 3 is 2.65 bits per heavy atom. The van der Waals surface area contributed by atoms with Crippen LogP contribution in [-0.2, 0) is 16.1 Å². The zero-order valence-corrected chi connectivity index (χ0v) is 15.0. The number of aromatic nitrogens is 2. The third-order valence-corrected chi connectivity index (χ3v) is 3.89. The van der Waals surface area contributed by atoms with E-state index in [1.54, 1.807) is 0 Å². The summed E-state index contributed by atoms with van der Waals surface area (Å²) >= 11 is 0.